The van der Waals surface area contributed by atoms with E-state index in [2.05, 4.69) is 4.52 Å². The van der Waals surface area contributed by atoms with Gasteiger partial charge in [-0.25, -0.2) is 8.42 Å². The second-order valence-corrected chi connectivity index (χ2v) is 21.5. The van der Waals surface area contributed by atoms with Crippen LogP contribution in [-0.2, 0) is 41.8 Å². The highest BCUT2D eigenvalue weighted by Gasteiger charge is 2.47. The van der Waals surface area contributed by atoms with Gasteiger partial charge in [0.1, 0.15) is 0 Å². The number of hydrogen-bond acceptors (Lipinski definition) is 9. The van der Waals surface area contributed by atoms with Crippen LogP contribution in [0.5, 0.6) is 0 Å². The van der Waals surface area contributed by atoms with E-state index in [0.29, 0.717) is 6.61 Å². The molecule has 0 radical (unpaired) electrons. The minimum absolute atomic E-state index is 0.0137. The number of alkyl halides is 3. The predicted molar refractivity (Wildman–Crippen MR) is 153 cm³/mol. The number of halogens is 3. The summed E-state index contributed by atoms with van der Waals surface area (Å²) in [6, 6.07) is 0. The summed E-state index contributed by atoms with van der Waals surface area (Å²) in [6.07, 6.45) is -5.99. The molecule has 0 saturated carbocycles. The molecule has 0 N–H and O–H groups in total. The first-order chi connectivity index (χ1) is 17.1. The van der Waals surface area contributed by atoms with Crippen LogP contribution < -0.4 is 0 Å². The van der Waals surface area contributed by atoms with Crippen molar-refractivity contribution in [3.8, 4) is 0 Å². The van der Waals surface area contributed by atoms with Crippen molar-refractivity contribution in [3.63, 3.8) is 0 Å². The third-order valence-corrected chi connectivity index (χ3v) is 9.58. The van der Waals surface area contributed by atoms with E-state index in [-0.39, 0.29) is 35.5 Å². The summed E-state index contributed by atoms with van der Waals surface area (Å²) >= 11 is 0. The molecule has 1 rings (SSSR count). The van der Waals surface area contributed by atoms with Crippen LogP contribution in [-0.4, -0.2) is 98.1 Å². The lowest BCUT2D eigenvalue weighted by Crippen LogP contribution is -2.38. The van der Waals surface area contributed by atoms with Gasteiger partial charge in [-0.3, -0.25) is 13.7 Å². The molecule has 1 fully saturated rings. The molecule has 39 heavy (non-hydrogen) atoms. The topological polar surface area (TPSA) is 122 Å². The third-order valence-electron chi connectivity index (χ3n) is 5.39. The third kappa shape index (κ3) is 21.6. The Hall–Kier alpha value is 0.270. The molecule has 1 aliphatic rings. The van der Waals surface area contributed by atoms with E-state index < -0.39 is 50.1 Å². The van der Waals surface area contributed by atoms with Gasteiger partial charge in [0, 0.05) is 47.1 Å². The maximum absolute atomic E-state index is 12.6. The SMILES string of the molecule is CC(C)C(C)C(OP(C)(C)=O)C(F)(F)F.CC1CS(=O)(=O)CC1OP(C)(C)=O.CCC(COC)OP(C)(C)=O. The van der Waals surface area contributed by atoms with Gasteiger partial charge in [0.2, 0.25) is 0 Å². The van der Waals surface area contributed by atoms with Crippen molar-refractivity contribution in [2.24, 2.45) is 17.8 Å². The van der Waals surface area contributed by atoms with Gasteiger partial charge in [0.15, 0.2) is 38.0 Å². The fourth-order valence-electron chi connectivity index (χ4n) is 3.30. The summed E-state index contributed by atoms with van der Waals surface area (Å²) in [5.41, 5.74) is 0. The zero-order valence-corrected chi connectivity index (χ0v) is 28.9. The first-order valence-electron chi connectivity index (χ1n) is 12.6. The molecule has 5 atom stereocenters. The fourth-order valence-corrected chi connectivity index (χ4v) is 8.17. The number of hydrogen-bond donors (Lipinski definition) is 0. The van der Waals surface area contributed by atoms with Gasteiger partial charge in [-0.1, -0.05) is 34.6 Å². The molecule has 1 saturated heterocycles. The lowest BCUT2D eigenvalue weighted by atomic mass is 9.92. The Morgan fingerprint density at radius 2 is 1.33 bits per heavy atom. The Balaban J connectivity index is 0. The Labute approximate surface area is 233 Å². The first kappa shape index (κ1) is 41.4. The van der Waals surface area contributed by atoms with Gasteiger partial charge in [0.05, 0.1) is 30.3 Å². The Bertz CT molecular complexity index is 956. The summed E-state index contributed by atoms with van der Waals surface area (Å²) in [7, 11) is -9.40. The van der Waals surface area contributed by atoms with Crippen LogP contribution in [0.3, 0.4) is 0 Å². The largest absolute Gasteiger partial charge is 0.415 e. The maximum Gasteiger partial charge on any atom is 0.415 e. The van der Waals surface area contributed by atoms with Crippen molar-refractivity contribution in [1.29, 1.82) is 0 Å². The molecule has 238 valence electrons. The summed E-state index contributed by atoms with van der Waals surface area (Å²) < 4.78 is 114. The molecule has 5 unspecified atom stereocenters. The molecule has 0 aromatic carbocycles. The molecule has 0 aromatic rings. The van der Waals surface area contributed by atoms with Crippen LogP contribution in [0.15, 0.2) is 0 Å². The average molecular weight is 653 g/mol. The predicted octanol–water partition coefficient (Wildman–Crippen LogP) is 6.70. The van der Waals surface area contributed by atoms with Crippen LogP contribution >= 0.6 is 22.1 Å². The smallest absolute Gasteiger partial charge is 0.382 e. The highest BCUT2D eigenvalue weighted by Crippen LogP contribution is 2.46. The van der Waals surface area contributed by atoms with Crippen molar-refractivity contribution in [1.82, 2.24) is 0 Å². The van der Waals surface area contributed by atoms with Crippen LogP contribution in [0.25, 0.3) is 0 Å². The highest BCUT2D eigenvalue weighted by molar-refractivity contribution is 7.91. The van der Waals surface area contributed by atoms with Crippen molar-refractivity contribution in [2.45, 2.75) is 65.5 Å². The molecule has 1 aliphatic heterocycles. The van der Waals surface area contributed by atoms with E-state index in [9.17, 15) is 35.3 Å². The van der Waals surface area contributed by atoms with Crippen molar-refractivity contribution >= 4 is 31.9 Å². The van der Waals surface area contributed by atoms with E-state index in [1.54, 1.807) is 34.3 Å². The van der Waals surface area contributed by atoms with E-state index in [4.69, 9.17) is 13.8 Å². The van der Waals surface area contributed by atoms with Gasteiger partial charge in [-0.2, -0.15) is 13.2 Å². The molecule has 0 amide bonds. The van der Waals surface area contributed by atoms with Crippen LogP contribution in [0.4, 0.5) is 13.2 Å². The Morgan fingerprint density at radius 3 is 1.59 bits per heavy atom. The van der Waals surface area contributed by atoms with Gasteiger partial charge < -0.3 is 18.3 Å². The molecule has 0 aromatic heterocycles. The van der Waals surface area contributed by atoms with Crippen LogP contribution in [0.2, 0.25) is 0 Å². The van der Waals surface area contributed by atoms with Gasteiger partial charge >= 0.3 is 6.18 Å². The molecule has 1 heterocycles. The second-order valence-electron chi connectivity index (χ2n) is 11.2. The van der Waals surface area contributed by atoms with E-state index in [1.807, 2.05) is 13.8 Å². The Morgan fingerprint density at radius 1 is 0.872 bits per heavy atom. The molecule has 0 spiro atoms. The van der Waals surface area contributed by atoms with E-state index >= 15 is 0 Å². The molecular weight excluding hydrogens is 602 g/mol. The first-order valence-corrected chi connectivity index (χ1v) is 22.0. The van der Waals surface area contributed by atoms with Gasteiger partial charge in [-0.15, -0.1) is 0 Å². The van der Waals surface area contributed by atoms with Crippen molar-refractivity contribution in [2.75, 3.05) is 65.2 Å². The van der Waals surface area contributed by atoms with Crippen LogP contribution in [0.1, 0.15) is 41.0 Å². The average Bonchev–Trinajstić information content (AvgIpc) is 2.93. The molecule has 0 aliphatic carbocycles. The lowest BCUT2D eigenvalue weighted by molar-refractivity contribution is -0.211. The highest BCUT2D eigenvalue weighted by atomic mass is 32.2. The molecule has 0 bridgehead atoms. The second kappa shape index (κ2) is 16.8. The molecule has 16 heteroatoms. The van der Waals surface area contributed by atoms with Gasteiger partial charge in [-0.05, 0) is 24.2 Å². The standard InChI is InChI=1S/C9H18F3O2P.C7H15O4PS.C7H17O3P/c1-6(2)7(3)8(9(10,11)12)14-15(4,5)13;1-6-4-13(9,10)5-7(6)11-12(2,3)8;1-5-7(6-9-2)10-11(3,4)8/h6-8H,1-5H3;6-7H,4-5H2,1-3H3;7H,5-6H2,1-4H3. The number of rotatable bonds is 11. The zero-order chi connectivity index (χ0) is 31.6. The zero-order valence-electron chi connectivity index (χ0n) is 25.4. The monoisotopic (exact) mass is 652 g/mol. The fraction of sp³-hybridized carbons (Fsp3) is 1.00. The van der Waals surface area contributed by atoms with Crippen molar-refractivity contribution in [3.05, 3.63) is 0 Å². The van der Waals surface area contributed by atoms with Crippen LogP contribution in [0, 0.1) is 17.8 Å². The number of ether oxygens (including phenoxy) is 1. The van der Waals surface area contributed by atoms with E-state index in [0.717, 1.165) is 6.42 Å². The minimum atomic E-state index is -4.47. The maximum atomic E-state index is 12.6. The summed E-state index contributed by atoms with van der Waals surface area (Å²) in [6.45, 7) is 17.8. The number of sulfone groups is 1. The van der Waals surface area contributed by atoms with Crippen molar-refractivity contribution < 1.29 is 53.6 Å². The van der Waals surface area contributed by atoms with E-state index in [1.165, 1.54) is 33.6 Å². The summed E-state index contributed by atoms with van der Waals surface area (Å²) in [4.78, 5) is 0. The summed E-state index contributed by atoms with van der Waals surface area (Å²) in [5, 5.41) is 0. The molecule has 9 nitrogen and oxygen atoms in total. The summed E-state index contributed by atoms with van der Waals surface area (Å²) in [5.74, 6) is -0.767. The number of methoxy groups -OCH3 is 1. The quantitative estimate of drug-likeness (QED) is 0.224. The molecular formula is C23H50F3O9P3S. The Kier molecular flexibility index (Phi) is 17.8. The van der Waals surface area contributed by atoms with Gasteiger partial charge in [0.25, 0.3) is 0 Å². The minimum Gasteiger partial charge on any atom is -0.382 e. The normalized spacial score (nSPS) is 22.3. The lowest BCUT2D eigenvalue weighted by Gasteiger charge is -2.30.